The molecule has 22 heavy (non-hydrogen) atoms. The lowest BCUT2D eigenvalue weighted by Gasteiger charge is -2.26. The van der Waals surface area contributed by atoms with E-state index in [0.29, 0.717) is 29.8 Å². The van der Waals surface area contributed by atoms with Gasteiger partial charge in [-0.15, -0.1) is 0 Å². The Morgan fingerprint density at radius 2 is 2.27 bits per heavy atom. The average molecular weight is 302 g/mol. The fourth-order valence-electron chi connectivity index (χ4n) is 2.33. The molecule has 2 rings (SSSR count). The van der Waals surface area contributed by atoms with Crippen LogP contribution in [0, 0.1) is 0 Å². The first-order valence-electron chi connectivity index (χ1n) is 6.95. The van der Waals surface area contributed by atoms with Crippen LogP contribution < -0.4 is 9.64 Å². The van der Waals surface area contributed by atoms with Crippen molar-refractivity contribution in [1.29, 1.82) is 0 Å². The van der Waals surface area contributed by atoms with Crippen LogP contribution in [0.15, 0.2) is 30.5 Å². The number of hydrogen-bond acceptors (Lipinski definition) is 4. The third-order valence-corrected chi connectivity index (χ3v) is 3.54. The predicted octanol–water partition coefficient (Wildman–Crippen LogP) is 2.46. The van der Waals surface area contributed by atoms with Crippen molar-refractivity contribution in [2.75, 3.05) is 12.0 Å². The molecule has 0 aliphatic heterocycles. The van der Waals surface area contributed by atoms with Crippen molar-refractivity contribution in [2.24, 2.45) is 0 Å². The maximum absolute atomic E-state index is 11.5. The fraction of sp³-hybridized carbons (Fsp3) is 0.312. The zero-order valence-corrected chi connectivity index (χ0v) is 12.5. The summed E-state index contributed by atoms with van der Waals surface area (Å²) in [5.74, 6) is -0.265. The molecule has 1 aromatic heterocycles. The molecule has 6 nitrogen and oxygen atoms in total. The van der Waals surface area contributed by atoms with E-state index in [2.05, 4.69) is 4.98 Å². The average Bonchev–Trinajstić information content (AvgIpc) is 2.53. The van der Waals surface area contributed by atoms with E-state index in [4.69, 9.17) is 9.84 Å². The monoisotopic (exact) mass is 302 g/mol. The van der Waals surface area contributed by atoms with Gasteiger partial charge in [0.15, 0.2) is 0 Å². The SMILES string of the molecule is COc1cc(N(C=O)C(C)CCC(=O)O)c2ncccc2c1. The van der Waals surface area contributed by atoms with Crippen molar-refractivity contribution < 1.29 is 19.4 Å². The van der Waals surface area contributed by atoms with E-state index >= 15 is 0 Å². The lowest BCUT2D eigenvalue weighted by molar-refractivity contribution is -0.137. The molecule has 0 radical (unpaired) electrons. The van der Waals surface area contributed by atoms with Gasteiger partial charge in [-0.05, 0) is 25.5 Å². The number of carbonyl (C=O) groups excluding carboxylic acids is 1. The molecule has 116 valence electrons. The summed E-state index contributed by atoms with van der Waals surface area (Å²) in [6, 6.07) is 7.02. The van der Waals surface area contributed by atoms with E-state index in [1.165, 1.54) is 4.90 Å². The Morgan fingerprint density at radius 1 is 1.50 bits per heavy atom. The van der Waals surface area contributed by atoms with Crippen LogP contribution in [0.1, 0.15) is 19.8 Å². The van der Waals surface area contributed by atoms with E-state index < -0.39 is 5.97 Å². The second-order valence-corrected chi connectivity index (χ2v) is 5.02. The highest BCUT2D eigenvalue weighted by atomic mass is 16.5. The lowest BCUT2D eigenvalue weighted by atomic mass is 10.1. The summed E-state index contributed by atoms with van der Waals surface area (Å²) in [6.07, 6.45) is 2.72. The van der Waals surface area contributed by atoms with Gasteiger partial charge in [0.2, 0.25) is 6.41 Å². The number of hydrogen-bond donors (Lipinski definition) is 1. The summed E-state index contributed by atoms with van der Waals surface area (Å²) in [6.45, 7) is 1.81. The quantitative estimate of drug-likeness (QED) is 0.795. The first-order chi connectivity index (χ1) is 10.6. The van der Waals surface area contributed by atoms with Gasteiger partial charge in [0.05, 0.1) is 18.3 Å². The number of benzene rings is 1. The van der Waals surface area contributed by atoms with Gasteiger partial charge in [0, 0.05) is 30.1 Å². The van der Waals surface area contributed by atoms with Crippen molar-refractivity contribution in [2.45, 2.75) is 25.8 Å². The normalized spacial score (nSPS) is 11.9. The van der Waals surface area contributed by atoms with Gasteiger partial charge < -0.3 is 14.7 Å². The van der Waals surface area contributed by atoms with Crippen molar-refractivity contribution >= 4 is 29.0 Å². The van der Waals surface area contributed by atoms with Crippen molar-refractivity contribution in [3.8, 4) is 5.75 Å². The molecule has 1 unspecified atom stereocenters. The van der Waals surface area contributed by atoms with Crippen LogP contribution in [0.25, 0.3) is 10.9 Å². The number of aromatic nitrogens is 1. The van der Waals surface area contributed by atoms with Gasteiger partial charge in [-0.3, -0.25) is 14.6 Å². The van der Waals surface area contributed by atoms with Crippen LogP contribution in [0.4, 0.5) is 5.69 Å². The van der Waals surface area contributed by atoms with E-state index in [-0.39, 0.29) is 12.5 Å². The Hall–Kier alpha value is -2.63. The van der Waals surface area contributed by atoms with Crippen LogP contribution in [0.2, 0.25) is 0 Å². The molecule has 0 aliphatic rings. The molecule has 0 bridgehead atoms. The van der Waals surface area contributed by atoms with E-state index in [9.17, 15) is 9.59 Å². The summed E-state index contributed by atoms with van der Waals surface area (Å²) >= 11 is 0. The highest BCUT2D eigenvalue weighted by Crippen LogP contribution is 2.31. The van der Waals surface area contributed by atoms with Crippen LogP contribution in [-0.4, -0.2) is 35.6 Å². The number of anilines is 1. The maximum Gasteiger partial charge on any atom is 0.303 e. The summed E-state index contributed by atoms with van der Waals surface area (Å²) in [4.78, 5) is 28.1. The summed E-state index contributed by atoms with van der Waals surface area (Å²) in [7, 11) is 1.56. The minimum Gasteiger partial charge on any atom is -0.497 e. The largest absolute Gasteiger partial charge is 0.497 e. The van der Waals surface area contributed by atoms with E-state index in [0.717, 1.165) is 5.39 Å². The Labute approximate surface area is 128 Å². The minimum atomic E-state index is -0.883. The van der Waals surface area contributed by atoms with Crippen LogP contribution in [0.3, 0.4) is 0 Å². The molecular weight excluding hydrogens is 284 g/mol. The van der Waals surface area contributed by atoms with E-state index in [1.54, 1.807) is 19.4 Å². The number of rotatable bonds is 7. The molecule has 1 amide bonds. The second-order valence-electron chi connectivity index (χ2n) is 5.02. The standard InChI is InChI=1S/C16H18N2O4/c1-11(5-6-15(20)21)18(10-19)14-9-13(22-2)8-12-4-3-7-17-16(12)14/h3-4,7-11H,5-6H2,1-2H3,(H,20,21). The summed E-state index contributed by atoms with van der Waals surface area (Å²) in [5.41, 5.74) is 1.29. The van der Waals surface area contributed by atoms with E-state index in [1.807, 2.05) is 25.1 Å². The zero-order chi connectivity index (χ0) is 16.1. The number of amides is 1. The first-order valence-corrected chi connectivity index (χ1v) is 6.95. The minimum absolute atomic E-state index is 0.000830. The molecular formula is C16H18N2O4. The Kier molecular flexibility index (Phi) is 4.93. The molecule has 1 heterocycles. The number of ether oxygens (including phenoxy) is 1. The highest BCUT2D eigenvalue weighted by molar-refractivity contribution is 5.97. The molecule has 1 aromatic carbocycles. The lowest BCUT2D eigenvalue weighted by Crippen LogP contribution is -2.32. The van der Waals surface area contributed by atoms with Gasteiger partial charge in [-0.2, -0.15) is 0 Å². The molecule has 1 N–H and O–H groups in total. The summed E-state index contributed by atoms with van der Waals surface area (Å²) in [5, 5.41) is 9.66. The van der Waals surface area contributed by atoms with Crippen molar-refractivity contribution in [3.63, 3.8) is 0 Å². The molecule has 0 spiro atoms. The van der Waals surface area contributed by atoms with Gasteiger partial charge in [-0.25, -0.2) is 0 Å². The van der Waals surface area contributed by atoms with Crippen LogP contribution in [0.5, 0.6) is 5.75 Å². The fourth-order valence-corrected chi connectivity index (χ4v) is 2.33. The van der Waals surface area contributed by atoms with Crippen molar-refractivity contribution in [1.82, 2.24) is 4.98 Å². The Bertz CT molecular complexity index is 687. The Balaban J connectivity index is 2.45. The molecule has 2 aromatic rings. The number of carbonyl (C=O) groups is 2. The smallest absolute Gasteiger partial charge is 0.303 e. The zero-order valence-electron chi connectivity index (χ0n) is 12.5. The third-order valence-electron chi connectivity index (χ3n) is 3.54. The number of methoxy groups -OCH3 is 1. The number of pyridine rings is 1. The molecule has 6 heteroatoms. The number of carboxylic acid groups (broad SMARTS) is 1. The van der Waals surface area contributed by atoms with Gasteiger partial charge in [-0.1, -0.05) is 6.07 Å². The molecule has 1 atom stereocenters. The number of fused-ring (bicyclic) bond motifs is 1. The second kappa shape index (κ2) is 6.89. The topological polar surface area (TPSA) is 79.7 Å². The Morgan fingerprint density at radius 3 is 2.91 bits per heavy atom. The van der Waals surface area contributed by atoms with Gasteiger partial charge >= 0.3 is 5.97 Å². The molecule has 0 aliphatic carbocycles. The summed E-state index contributed by atoms with van der Waals surface area (Å²) < 4.78 is 5.27. The number of aliphatic carboxylic acids is 1. The van der Waals surface area contributed by atoms with Crippen LogP contribution in [-0.2, 0) is 9.59 Å². The first kappa shape index (κ1) is 15.8. The van der Waals surface area contributed by atoms with Crippen molar-refractivity contribution in [3.05, 3.63) is 30.5 Å². The number of nitrogens with zero attached hydrogens (tertiary/aromatic N) is 2. The van der Waals surface area contributed by atoms with Crippen LogP contribution >= 0.6 is 0 Å². The highest BCUT2D eigenvalue weighted by Gasteiger charge is 2.19. The van der Waals surface area contributed by atoms with Gasteiger partial charge in [0.1, 0.15) is 5.75 Å². The third kappa shape index (κ3) is 3.33. The maximum atomic E-state index is 11.5. The molecule has 0 fully saturated rings. The number of carboxylic acids is 1. The van der Waals surface area contributed by atoms with Gasteiger partial charge in [0.25, 0.3) is 0 Å². The molecule has 0 saturated heterocycles. The molecule has 0 saturated carbocycles. The predicted molar refractivity (Wildman–Crippen MR) is 83.2 cm³/mol.